The minimum atomic E-state index is 0.658. The topological polar surface area (TPSA) is 21.3 Å². The molecule has 0 saturated heterocycles. The molecule has 0 amide bonds. The molecule has 0 saturated carbocycles. The van der Waals surface area contributed by atoms with Crippen LogP contribution in [0.2, 0.25) is 6.04 Å². The van der Waals surface area contributed by atoms with Crippen molar-refractivity contribution in [2.45, 2.75) is 52.6 Å². The Hall–Kier alpha value is 0.137. The van der Waals surface area contributed by atoms with Crippen molar-refractivity contribution in [3.05, 3.63) is 0 Å². The van der Waals surface area contributed by atoms with Gasteiger partial charge in [0, 0.05) is 12.6 Å². The van der Waals surface area contributed by atoms with E-state index in [4.69, 9.17) is 4.43 Å². The lowest BCUT2D eigenvalue weighted by Crippen LogP contribution is -2.28. The maximum absolute atomic E-state index is 5.31. The molecule has 0 aromatic heterocycles. The summed E-state index contributed by atoms with van der Waals surface area (Å²) in [7, 11) is 0.692. The summed E-state index contributed by atoms with van der Waals surface area (Å²) in [5.74, 6) is 0.794. The average Bonchev–Trinajstić information content (AvgIpc) is 2.10. The van der Waals surface area contributed by atoms with Crippen LogP contribution in [0.5, 0.6) is 0 Å². The van der Waals surface area contributed by atoms with E-state index in [1.807, 2.05) is 0 Å². The van der Waals surface area contributed by atoms with E-state index in [9.17, 15) is 0 Å². The Labute approximate surface area is 91.7 Å². The van der Waals surface area contributed by atoms with Gasteiger partial charge in [-0.1, -0.05) is 13.8 Å². The first-order chi connectivity index (χ1) is 6.66. The van der Waals surface area contributed by atoms with Gasteiger partial charge in [0.2, 0.25) is 9.76 Å². The van der Waals surface area contributed by atoms with Crippen LogP contribution in [0, 0.1) is 5.92 Å². The second-order valence-electron chi connectivity index (χ2n) is 4.17. The zero-order valence-electron chi connectivity index (χ0n) is 10.1. The van der Waals surface area contributed by atoms with E-state index in [0.717, 1.165) is 19.1 Å². The van der Waals surface area contributed by atoms with Crippen LogP contribution in [0.1, 0.15) is 40.5 Å². The molecule has 0 aliphatic carbocycles. The number of nitrogens with one attached hydrogen (secondary N) is 1. The minimum Gasteiger partial charge on any atom is -0.418 e. The van der Waals surface area contributed by atoms with Gasteiger partial charge in [-0.3, -0.25) is 0 Å². The monoisotopic (exact) mass is 215 g/mol. The standard InChI is InChI=1S/C11H25NOSi/c1-5-13-14-8-6-7-12-11(4)9-10(2)3/h10-12H,5-9H2,1-4H3. The van der Waals surface area contributed by atoms with Crippen molar-refractivity contribution in [1.82, 2.24) is 5.32 Å². The van der Waals surface area contributed by atoms with Crippen LogP contribution in [-0.2, 0) is 4.43 Å². The van der Waals surface area contributed by atoms with Gasteiger partial charge in [0.25, 0.3) is 0 Å². The SMILES string of the molecule is CCO[Si]CCCNC(C)CC(C)C. The third kappa shape index (κ3) is 10.2. The van der Waals surface area contributed by atoms with Gasteiger partial charge in [0.15, 0.2) is 0 Å². The lowest BCUT2D eigenvalue weighted by Gasteiger charge is -2.15. The fourth-order valence-electron chi connectivity index (χ4n) is 1.47. The molecule has 0 spiro atoms. The van der Waals surface area contributed by atoms with Crippen molar-refractivity contribution in [1.29, 1.82) is 0 Å². The first-order valence-corrected chi connectivity index (χ1v) is 6.86. The van der Waals surface area contributed by atoms with E-state index in [-0.39, 0.29) is 0 Å². The highest BCUT2D eigenvalue weighted by Gasteiger charge is 2.03. The first kappa shape index (κ1) is 14.1. The van der Waals surface area contributed by atoms with E-state index in [1.54, 1.807) is 0 Å². The summed E-state index contributed by atoms with van der Waals surface area (Å²) in [5.41, 5.74) is 0. The van der Waals surface area contributed by atoms with Gasteiger partial charge in [-0.2, -0.15) is 0 Å². The minimum absolute atomic E-state index is 0.658. The molecular formula is C11H25NOSi. The highest BCUT2D eigenvalue weighted by Crippen LogP contribution is 2.03. The van der Waals surface area contributed by atoms with Gasteiger partial charge < -0.3 is 9.74 Å². The molecule has 14 heavy (non-hydrogen) atoms. The predicted octanol–water partition coefficient (Wildman–Crippen LogP) is 2.47. The summed E-state index contributed by atoms with van der Waals surface area (Å²) in [6.45, 7) is 10.9. The summed E-state index contributed by atoms with van der Waals surface area (Å²) < 4.78 is 5.31. The Balaban J connectivity index is 3.10. The summed E-state index contributed by atoms with van der Waals surface area (Å²) >= 11 is 0. The normalized spacial score (nSPS) is 13.5. The summed E-state index contributed by atoms with van der Waals surface area (Å²) in [5, 5.41) is 3.54. The number of rotatable bonds is 9. The van der Waals surface area contributed by atoms with E-state index < -0.39 is 0 Å². The van der Waals surface area contributed by atoms with Gasteiger partial charge in [0.05, 0.1) is 0 Å². The highest BCUT2D eigenvalue weighted by atomic mass is 28.2. The summed E-state index contributed by atoms with van der Waals surface area (Å²) in [4.78, 5) is 0. The van der Waals surface area contributed by atoms with Crippen molar-refractivity contribution >= 4 is 9.76 Å². The molecule has 0 bridgehead atoms. The average molecular weight is 215 g/mol. The van der Waals surface area contributed by atoms with Gasteiger partial charge in [-0.25, -0.2) is 0 Å². The molecule has 2 radical (unpaired) electrons. The highest BCUT2D eigenvalue weighted by molar-refractivity contribution is 6.26. The van der Waals surface area contributed by atoms with Crippen LogP contribution in [0.4, 0.5) is 0 Å². The molecule has 2 nitrogen and oxygen atoms in total. The van der Waals surface area contributed by atoms with Crippen LogP contribution in [-0.4, -0.2) is 29.0 Å². The lowest BCUT2D eigenvalue weighted by atomic mass is 10.1. The summed E-state index contributed by atoms with van der Waals surface area (Å²) in [6.07, 6.45) is 2.51. The third-order valence-corrected chi connectivity index (χ3v) is 3.07. The molecule has 0 aromatic carbocycles. The van der Waals surface area contributed by atoms with Gasteiger partial charge in [-0.15, -0.1) is 0 Å². The van der Waals surface area contributed by atoms with Crippen LogP contribution in [0.25, 0.3) is 0 Å². The molecule has 3 heteroatoms. The largest absolute Gasteiger partial charge is 0.418 e. The zero-order chi connectivity index (χ0) is 10.8. The van der Waals surface area contributed by atoms with Gasteiger partial charge >= 0.3 is 0 Å². The first-order valence-electron chi connectivity index (χ1n) is 5.74. The molecule has 0 aliphatic heterocycles. The lowest BCUT2D eigenvalue weighted by molar-refractivity contribution is 0.358. The molecule has 84 valence electrons. The molecule has 0 heterocycles. The molecule has 1 N–H and O–H groups in total. The van der Waals surface area contributed by atoms with E-state index >= 15 is 0 Å². The number of hydrogen-bond acceptors (Lipinski definition) is 2. The Morgan fingerprint density at radius 2 is 2.00 bits per heavy atom. The third-order valence-electron chi connectivity index (χ3n) is 2.02. The van der Waals surface area contributed by atoms with Crippen molar-refractivity contribution in [3.8, 4) is 0 Å². The van der Waals surface area contributed by atoms with E-state index in [2.05, 4.69) is 33.0 Å². The van der Waals surface area contributed by atoms with Gasteiger partial charge in [0.1, 0.15) is 0 Å². The second-order valence-corrected chi connectivity index (χ2v) is 5.24. The fraction of sp³-hybridized carbons (Fsp3) is 1.00. The van der Waals surface area contributed by atoms with E-state index in [0.29, 0.717) is 15.8 Å². The van der Waals surface area contributed by atoms with Crippen molar-refractivity contribution in [2.24, 2.45) is 5.92 Å². The maximum Gasteiger partial charge on any atom is 0.229 e. The van der Waals surface area contributed by atoms with Crippen LogP contribution in [0.3, 0.4) is 0 Å². The Morgan fingerprint density at radius 3 is 2.57 bits per heavy atom. The predicted molar refractivity (Wildman–Crippen MR) is 63.7 cm³/mol. The van der Waals surface area contributed by atoms with E-state index in [1.165, 1.54) is 18.9 Å². The van der Waals surface area contributed by atoms with Crippen LogP contribution in [0.15, 0.2) is 0 Å². The molecule has 0 aromatic rings. The Bertz CT molecular complexity index is 120. The fourth-order valence-corrected chi connectivity index (χ4v) is 2.14. The van der Waals surface area contributed by atoms with Crippen LogP contribution < -0.4 is 5.32 Å². The van der Waals surface area contributed by atoms with Crippen molar-refractivity contribution in [3.63, 3.8) is 0 Å². The molecule has 0 fully saturated rings. The van der Waals surface area contributed by atoms with Crippen molar-refractivity contribution in [2.75, 3.05) is 13.2 Å². The molecule has 1 unspecified atom stereocenters. The molecule has 0 aliphatic rings. The Morgan fingerprint density at radius 1 is 1.29 bits per heavy atom. The van der Waals surface area contributed by atoms with Crippen molar-refractivity contribution < 1.29 is 4.43 Å². The zero-order valence-corrected chi connectivity index (χ0v) is 11.1. The number of hydrogen-bond donors (Lipinski definition) is 1. The second kappa shape index (κ2) is 9.68. The maximum atomic E-state index is 5.31. The Kier molecular flexibility index (Phi) is 9.78. The molecular weight excluding hydrogens is 190 g/mol. The molecule has 0 rings (SSSR count). The molecule has 1 atom stereocenters. The smallest absolute Gasteiger partial charge is 0.229 e. The quantitative estimate of drug-likeness (QED) is 0.471. The van der Waals surface area contributed by atoms with Gasteiger partial charge in [-0.05, 0) is 45.2 Å². The summed E-state index contributed by atoms with van der Waals surface area (Å²) in [6, 6.07) is 1.86. The van der Waals surface area contributed by atoms with Crippen LogP contribution >= 0.6 is 0 Å².